The molecule has 1 aromatic heterocycles. The Morgan fingerprint density at radius 2 is 1.95 bits per heavy atom. The van der Waals surface area contributed by atoms with E-state index in [0.717, 1.165) is 24.5 Å². The Balaban J connectivity index is 2.13. The highest BCUT2D eigenvalue weighted by Gasteiger charge is 2.26. The Morgan fingerprint density at radius 3 is 2.60 bits per heavy atom. The summed E-state index contributed by atoms with van der Waals surface area (Å²) in [5, 5.41) is 3.20. The van der Waals surface area contributed by atoms with Gasteiger partial charge in [0, 0.05) is 31.1 Å². The van der Waals surface area contributed by atoms with Crippen molar-refractivity contribution >= 4 is 17.6 Å². The third kappa shape index (κ3) is 3.53. The van der Waals surface area contributed by atoms with Gasteiger partial charge in [-0.2, -0.15) is 0 Å². The second-order valence-corrected chi connectivity index (χ2v) is 4.96. The van der Waals surface area contributed by atoms with E-state index in [1.807, 2.05) is 13.0 Å². The van der Waals surface area contributed by atoms with E-state index in [1.54, 1.807) is 0 Å². The zero-order valence-corrected chi connectivity index (χ0v) is 12.0. The van der Waals surface area contributed by atoms with Crippen molar-refractivity contribution < 1.29 is 9.59 Å². The number of likely N-dealkylation sites (tertiary alicyclic amines) is 1. The van der Waals surface area contributed by atoms with Crippen molar-refractivity contribution in [2.45, 2.75) is 46.1 Å². The second-order valence-electron chi connectivity index (χ2n) is 4.96. The number of carbonyl (C=O) groups is 2. The zero-order valence-electron chi connectivity index (χ0n) is 12.0. The molecule has 6 nitrogen and oxygen atoms in total. The van der Waals surface area contributed by atoms with Gasteiger partial charge in [-0.3, -0.25) is 14.5 Å². The van der Waals surface area contributed by atoms with Gasteiger partial charge >= 0.3 is 0 Å². The summed E-state index contributed by atoms with van der Waals surface area (Å²) in [4.78, 5) is 33.5. The Bertz CT molecular complexity index is 500. The average molecular weight is 276 g/mol. The number of amides is 2. The van der Waals surface area contributed by atoms with E-state index in [0.29, 0.717) is 25.1 Å². The molecule has 0 atom stereocenters. The molecule has 20 heavy (non-hydrogen) atoms. The van der Waals surface area contributed by atoms with E-state index in [2.05, 4.69) is 22.2 Å². The van der Waals surface area contributed by atoms with E-state index in [1.165, 1.54) is 4.90 Å². The summed E-state index contributed by atoms with van der Waals surface area (Å²) in [5.41, 5.74) is 0.825. The molecule has 108 valence electrons. The third-order valence-electron chi connectivity index (χ3n) is 3.14. The molecule has 0 unspecified atom stereocenters. The fourth-order valence-electron chi connectivity index (χ4n) is 2.16. The number of carbonyl (C=O) groups excluding carboxylic acids is 2. The predicted molar refractivity (Wildman–Crippen MR) is 75.0 cm³/mol. The molecule has 2 rings (SSSR count). The summed E-state index contributed by atoms with van der Waals surface area (Å²) >= 11 is 0. The molecule has 0 radical (unpaired) electrons. The summed E-state index contributed by atoms with van der Waals surface area (Å²) < 4.78 is 0. The Kier molecular flexibility index (Phi) is 4.65. The molecular formula is C14H20N4O2. The minimum atomic E-state index is -0.130. The summed E-state index contributed by atoms with van der Waals surface area (Å²) in [7, 11) is 0. The highest BCUT2D eigenvalue weighted by molar-refractivity contribution is 5.97. The molecule has 2 heterocycles. The third-order valence-corrected chi connectivity index (χ3v) is 3.14. The van der Waals surface area contributed by atoms with Crippen LogP contribution in [0.5, 0.6) is 0 Å². The van der Waals surface area contributed by atoms with Crippen LogP contribution in [0.25, 0.3) is 0 Å². The van der Waals surface area contributed by atoms with Crippen LogP contribution >= 0.6 is 0 Å². The van der Waals surface area contributed by atoms with Gasteiger partial charge in [-0.1, -0.05) is 6.92 Å². The molecule has 0 spiro atoms. The lowest BCUT2D eigenvalue weighted by Gasteiger charge is -2.24. The fourth-order valence-corrected chi connectivity index (χ4v) is 2.16. The van der Waals surface area contributed by atoms with Crippen LogP contribution in [0.3, 0.4) is 0 Å². The van der Waals surface area contributed by atoms with Gasteiger partial charge in [0.05, 0.1) is 6.54 Å². The van der Waals surface area contributed by atoms with E-state index in [-0.39, 0.29) is 18.4 Å². The summed E-state index contributed by atoms with van der Waals surface area (Å²) in [6, 6.07) is 1.86. The monoisotopic (exact) mass is 276 g/mol. The molecular weight excluding hydrogens is 256 g/mol. The van der Waals surface area contributed by atoms with Crippen LogP contribution in [0.15, 0.2) is 6.07 Å². The highest BCUT2D eigenvalue weighted by atomic mass is 16.2. The number of hydrogen-bond acceptors (Lipinski definition) is 5. The maximum atomic E-state index is 11.8. The lowest BCUT2D eigenvalue weighted by Crippen LogP contribution is -2.39. The van der Waals surface area contributed by atoms with Gasteiger partial charge in [-0.25, -0.2) is 9.97 Å². The molecule has 2 amide bonds. The molecule has 1 fully saturated rings. The van der Waals surface area contributed by atoms with Crippen molar-refractivity contribution in [3.8, 4) is 0 Å². The fraction of sp³-hybridized carbons (Fsp3) is 0.571. The van der Waals surface area contributed by atoms with Crippen LogP contribution in [-0.4, -0.2) is 33.2 Å². The second kappa shape index (κ2) is 6.45. The molecule has 6 heteroatoms. The van der Waals surface area contributed by atoms with Crippen LogP contribution in [0.1, 0.15) is 44.1 Å². The van der Waals surface area contributed by atoms with Crippen LogP contribution in [-0.2, 0) is 16.1 Å². The Labute approximate surface area is 118 Å². The van der Waals surface area contributed by atoms with Crippen molar-refractivity contribution in [1.82, 2.24) is 14.9 Å². The summed E-state index contributed by atoms with van der Waals surface area (Å²) in [6.07, 6.45) is 2.50. The largest absolute Gasteiger partial charge is 0.370 e. The van der Waals surface area contributed by atoms with Crippen LogP contribution in [0.4, 0.5) is 5.82 Å². The first kappa shape index (κ1) is 14.4. The highest BCUT2D eigenvalue weighted by Crippen LogP contribution is 2.15. The first-order chi connectivity index (χ1) is 9.60. The zero-order chi connectivity index (χ0) is 14.5. The normalized spacial score (nSPS) is 15.6. The van der Waals surface area contributed by atoms with Gasteiger partial charge in [-0.05, 0) is 19.8 Å². The van der Waals surface area contributed by atoms with Crippen molar-refractivity contribution in [3.63, 3.8) is 0 Å². The predicted octanol–water partition coefficient (Wildman–Crippen LogP) is 1.65. The van der Waals surface area contributed by atoms with Crippen molar-refractivity contribution in [2.24, 2.45) is 0 Å². The Hall–Kier alpha value is -1.98. The van der Waals surface area contributed by atoms with Gasteiger partial charge < -0.3 is 5.32 Å². The lowest BCUT2D eigenvalue weighted by atomic mass is 10.1. The van der Waals surface area contributed by atoms with Gasteiger partial charge in [0.15, 0.2) is 5.82 Å². The first-order valence-corrected chi connectivity index (χ1v) is 7.01. The number of nitrogens with zero attached hydrogens (tertiary/aromatic N) is 3. The molecule has 0 bridgehead atoms. The molecule has 1 saturated heterocycles. The SMILES string of the molecule is CCCNc1cc(C)nc(CN2C(=O)CCCC2=O)n1. The van der Waals surface area contributed by atoms with E-state index in [9.17, 15) is 9.59 Å². The summed E-state index contributed by atoms with van der Waals surface area (Å²) in [5.74, 6) is 0.988. The minimum Gasteiger partial charge on any atom is -0.370 e. The molecule has 1 aliphatic rings. The molecule has 1 N–H and O–H groups in total. The van der Waals surface area contributed by atoms with Crippen LogP contribution < -0.4 is 5.32 Å². The van der Waals surface area contributed by atoms with Gasteiger partial charge in [0.1, 0.15) is 5.82 Å². The number of anilines is 1. The van der Waals surface area contributed by atoms with Crippen molar-refractivity contribution in [2.75, 3.05) is 11.9 Å². The number of nitrogens with one attached hydrogen (secondary N) is 1. The smallest absolute Gasteiger partial charge is 0.229 e. The molecule has 1 aromatic rings. The minimum absolute atomic E-state index is 0.130. The molecule has 0 aliphatic carbocycles. The van der Waals surface area contributed by atoms with E-state index in [4.69, 9.17) is 0 Å². The summed E-state index contributed by atoms with van der Waals surface area (Å²) in [6.45, 7) is 4.95. The maximum Gasteiger partial charge on any atom is 0.229 e. The molecule has 1 aliphatic heterocycles. The van der Waals surface area contributed by atoms with Gasteiger partial charge in [0.25, 0.3) is 0 Å². The number of aromatic nitrogens is 2. The first-order valence-electron chi connectivity index (χ1n) is 7.01. The average Bonchev–Trinajstić information content (AvgIpc) is 2.40. The van der Waals surface area contributed by atoms with Crippen LogP contribution in [0.2, 0.25) is 0 Å². The van der Waals surface area contributed by atoms with Gasteiger partial charge in [0.2, 0.25) is 11.8 Å². The standard InChI is InChI=1S/C14H20N4O2/c1-3-7-15-11-8-10(2)16-12(17-11)9-18-13(19)5-4-6-14(18)20/h8H,3-7,9H2,1-2H3,(H,15,16,17). The van der Waals surface area contributed by atoms with Crippen molar-refractivity contribution in [3.05, 3.63) is 17.6 Å². The number of imide groups is 1. The quantitative estimate of drug-likeness (QED) is 0.828. The van der Waals surface area contributed by atoms with E-state index < -0.39 is 0 Å². The van der Waals surface area contributed by atoms with Crippen molar-refractivity contribution in [1.29, 1.82) is 0 Å². The van der Waals surface area contributed by atoms with E-state index >= 15 is 0 Å². The number of piperidine rings is 1. The van der Waals surface area contributed by atoms with Gasteiger partial charge in [-0.15, -0.1) is 0 Å². The number of rotatable bonds is 5. The molecule has 0 aromatic carbocycles. The van der Waals surface area contributed by atoms with Crippen LogP contribution in [0, 0.1) is 6.92 Å². The Morgan fingerprint density at radius 1 is 1.25 bits per heavy atom. The number of hydrogen-bond donors (Lipinski definition) is 1. The maximum absolute atomic E-state index is 11.8. The molecule has 0 saturated carbocycles. The number of aryl methyl sites for hydroxylation is 1. The topological polar surface area (TPSA) is 75.2 Å². The lowest BCUT2D eigenvalue weighted by molar-refractivity contribution is -0.148.